The molecule has 0 amide bonds. The average molecular weight is 280 g/mol. The number of fused-ring (bicyclic) bond motifs is 1. The SMILES string of the molecule is CCN(CCC#N)Cn1c(=O)oc2cc(Cl)ccc21. The Bertz CT molecular complexity index is 669. The highest BCUT2D eigenvalue weighted by Gasteiger charge is 2.12. The molecule has 5 nitrogen and oxygen atoms in total. The summed E-state index contributed by atoms with van der Waals surface area (Å²) in [6, 6.07) is 7.21. The molecule has 6 heteroatoms. The highest BCUT2D eigenvalue weighted by atomic mass is 35.5. The van der Waals surface area contributed by atoms with Gasteiger partial charge in [-0.05, 0) is 18.7 Å². The number of hydrogen-bond acceptors (Lipinski definition) is 4. The maximum atomic E-state index is 11.8. The normalized spacial score (nSPS) is 11.1. The molecular formula is C13H14ClN3O2. The van der Waals surface area contributed by atoms with Crippen LogP contribution in [0.5, 0.6) is 0 Å². The molecule has 100 valence electrons. The van der Waals surface area contributed by atoms with Crippen molar-refractivity contribution < 1.29 is 4.42 Å². The molecule has 0 atom stereocenters. The van der Waals surface area contributed by atoms with Gasteiger partial charge in [-0.15, -0.1) is 0 Å². The quantitative estimate of drug-likeness (QED) is 0.843. The van der Waals surface area contributed by atoms with Gasteiger partial charge < -0.3 is 4.42 Å². The highest BCUT2D eigenvalue weighted by molar-refractivity contribution is 6.31. The summed E-state index contributed by atoms with van der Waals surface area (Å²) in [6.07, 6.45) is 0.435. The summed E-state index contributed by atoms with van der Waals surface area (Å²) in [5.74, 6) is -0.410. The van der Waals surface area contributed by atoms with Gasteiger partial charge in [0.2, 0.25) is 0 Å². The minimum atomic E-state index is -0.410. The van der Waals surface area contributed by atoms with Crippen molar-refractivity contribution in [2.45, 2.75) is 20.0 Å². The molecule has 0 aliphatic rings. The largest absolute Gasteiger partial charge is 0.421 e. The molecule has 1 heterocycles. The van der Waals surface area contributed by atoms with Crippen LogP contribution in [0.15, 0.2) is 27.4 Å². The highest BCUT2D eigenvalue weighted by Crippen LogP contribution is 2.18. The van der Waals surface area contributed by atoms with Crippen LogP contribution in [0.4, 0.5) is 0 Å². The molecule has 0 aliphatic heterocycles. The molecule has 0 aliphatic carbocycles. The number of nitriles is 1. The number of halogens is 1. The number of oxazole rings is 1. The Morgan fingerprint density at radius 3 is 3.00 bits per heavy atom. The first-order chi connectivity index (χ1) is 9.15. The molecule has 19 heavy (non-hydrogen) atoms. The third-order valence-corrected chi connectivity index (χ3v) is 3.19. The Labute approximate surface area is 115 Å². The van der Waals surface area contributed by atoms with Crippen molar-refractivity contribution in [3.05, 3.63) is 33.8 Å². The zero-order valence-electron chi connectivity index (χ0n) is 10.6. The maximum Gasteiger partial charge on any atom is 0.421 e. The molecule has 0 unspecified atom stereocenters. The van der Waals surface area contributed by atoms with E-state index >= 15 is 0 Å². The van der Waals surface area contributed by atoms with Crippen molar-refractivity contribution in [2.75, 3.05) is 13.1 Å². The van der Waals surface area contributed by atoms with E-state index in [1.807, 2.05) is 11.8 Å². The first kappa shape index (κ1) is 13.7. The second kappa shape index (κ2) is 5.91. The fourth-order valence-electron chi connectivity index (χ4n) is 1.91. The van der Waals surface area contributed by atoms with Gasteiger partial charge in [-0.1, -0.05) is 18.5 Å². The van der Waals surface area contributed by atoms with E-state index in [1.54, 1.807) is 22.8 Å². The smallest absolute Gasteiger partial charge is 0.408 e. The van der Waals surface area contributed by atoms with E-state index in [1.165, 1.54) is 0 Å². The molecule has 0 radical (unpaired) electrons. The fourth-order valence-corrected chi connectivity index (χ4v) is 2.07. The Morgan fingerprint density at radius 2 is 2.32 bits per heavy atom. The summed E-state index contributed by atoms with van der Waals surface area (Å²) in [5, 5.41) is 9.15. The monoisotopic (exact) mass is 279 g/mol. The molecule has 1 aromatic carbocycles. The summed E-state index contributed by atoms with van der Waals surface area (Å²) in [6.45, 7) is 3.78. The molecule has 0 bridgehead atoms. The standard InChI is InChI=1S/C13H14ClN3O2/c1-2-16(7-3-6-15)9-17-11-5-4-10(14)8-12(11)19-13(17)18/h4-5,8H,2-3,7,9H2,1H3. The predicted octanol–water partition coefficient (Wildman–Crippen LogP) is 2.44. The molecule has 0 fully saturated rings. The predicted molar refractivity (Wildman–Crippen MR) is 73.0 cm³/mol. The lowest BCUT2D eigenvalue weighted by Gasteiger charge is -2.18. The molecule has 1 aromatic heterocycles. The lowest BCUT2D eigenvalue weighted by molar-refractivity contribution is 0.229. The van der Waals surface area contributed by atoms with Crippen LogP contribution in [0.2, 0.25) is 5.02 Å². The lowest BCUT2D eigenvalue weighted by Crippen LogP contribution is -2.31. The van der Waals surface area contributed by atoms with Crippen molar-refractivity contribution in [1.82, 2.24) is 9.47 Å². The van der Waals surface area contributed by atoms with Crippen molar-refractivity contribution in [3.63, 3.8) is 0 Å². The molecule has 2 rings (SSSR count). The van der Waals surface area contributed by atoms with Gasteiger partial charge in [0.05, 0.1) is 18.3 Å². The summed E-state index contributed by atoms with van der Waals surface area (Å²) in [7, 11) is 0. The third kappa shape index (κ3) is 2.98. The number of rotatable bonds is 5. The van der Waals surface area contributed by atoms with Crippen LogP contribution < -0.4 is 5.76 Å². The molecule has 2 aromatic rings. The van der Waals surface area contributed by atoms with E-state index in [0.29, 0.717) is 35.8 Å². The van der Waals surface area contributed by atoms with Crippen LogP contribution in [-0.2, 0) is 6.67 Å². The Hall–Kier alpha value is -1.77. The second-order valence-corrected chi connectivity index (χ2v) is 4.60. The molecule has 0 N–H and O–H groups in total. The van der Waals surface area contributed by atoms with Crippen molar-refractivity contribution in [3.8, 4) is 6.07 Å². The van der Waals surface area contributed by atoms with Gasteiger partial charge >= 0.3 is 5.76 Å². The summed E-state index contributed by atoms with van der Waals surface area (Å²) < 4.78 is 6.71. The van der Waals surface area contributed by atoms with Gasteiger partial charge in [0.1, 0.15) is 0 Å². The number of nitrogens with zero attached hydrogens (tertiary/aromatic N) is 3. The summed E-state index contributed by atoms with van der Waals surface area (Å²) in [4.78, 5) is 13.8. The Balaban J connectivity index is 2.32. The second-order valence-electron chi connectivity index (χ2n) is 4.17. The lowest BCUT2D eigenvalue weighted by atomic mass is 10.3. The topological polar surface area (TPSA) is 62.2 Å². The molecule has 0 saturated carbocycles. The van der Waals surface area contributed by atoms with E-state index in [0.717, 1.165) is 6.54 Å². The molecular weight excluding hydrogens is 266 g/mol. The van der Waals surface area contributed by atoms with Gasteiger partial charge in [-0.2, -0.15) is 5.26 Å². The van der Waals surface area contributed by atoms with Crippen molar-refractivity contribution >= 4 is 22.7 Å². The average Bonchev–Trinajstić information content (AvgIpc) is 2.69. The van der Waals surface area contributed by atoms with Crippen LogP contribution >= 0.6 is 11.6 Å². The number of benzene rings is 1. The van der Waals surface area contributed by atoms with Gasteiger partial charge in [-0.25, -0.2) is 4.79 Å². The third-order valence-electron chi connectivity index (χ3n) is 2.96. The van der Waals surface area contributed by atoms with Gasteiger partial charge in [0, 0.05) is 24.1 Å². The van der Waals surface area contributed by atoms with E-state index in [-0.39, 0.29) is 0 Å². The minimum absolute atomic E-state index is 0.408. The van der Waals surface area contributed by atoms with Crippen molar-refractivity contribution in [1.29, 1.82) is 5.26 Å². The van der Waals surface area contributed by atoms with Gasteiger partial charge in [0.15, 0.2) is 5.58 Å². The summed E-state index contributed by atoms with van der Waals surface area (Å²) in [5.41, 5.74) is 1.19. The van der Waals surface area contributed by atoms with Crippen LogP contribution in [0.25, 0.3) is 11.1 Å². The van der Waals surface area contributed by atoms with Crippen LogP contribution in [0, 0.1) is 11.3 Å². The van der Waals surface area contributed by atoms with Crippen LogP contribution in [0.3, 0.4) is 0 Å². The number of hydrogen-bond donors (Lipinski definition) is 0. The zero-order valence-corrected chi connectivity index (χ0v) is 11.4. The van der Waals surface area contributed by atoms with Crippen molar-refractivity contribution in [2.24, 2.45) is 0 Å². The molecule has 0 saturated heterocycles. The van der Waals surface area contributed by atoms with E-state index in [4.69, 9.17) is 21.3 Å². The van der Waals surface area contributed by atoms with Gasteiger partial charge in [-0.3, -0.25) is 9.47 Å². The maximum absolute atomic E-state index is 11.8. The number of aromatic nitrogens is 1. The first-order valence-electron chi connectivity index (χ1n) is 6.04. The fraction of sp³-hybridized carbons (Fsp3) is 0.385. The zero-order chi connectivity index (χ0) is 13.8. The molecule has 0 spiro atoms. The minimum Gasteiger partial charge on any atom is -0.408 e. The van der Waals surface area contributed by atoms with E-state index in [9.17, 15) is 4.79 Å². The summed E-state index contributed by atoms with van der Waals surface area (Å²) >= 11 is 5.86. The first-order valence-corrected chi connectivity index (χ1v) is 6.41. The Morgan fingerprint density at radius 1 is 1.53 bits per heavy atom. The van der Waals surface area contributed by atoms with E-state index < -0.39 is 5.76 Å². The van der Waals surface area contributed by atoms with E-state index in [2.05, 4.69) is 6.07 Å². The van der Waals surface area contributed by atoms with Crippen LogP contribution in [-0.4, -0.2) is 22.6 Å². The Kier molecular flexibility index (Phi) is 4.25. The van der Waals surface area contributed by atoms with Gasteiger partial charge in [0.25, 0.3) is 0 Å². The van der Waals surface area contributed by atoms with Crippen LogP contribution in [0.1, 0.15) is 13.3 Å².